The van der Waals surface area contributed by atoms with E-state index in [4.69, 9.17) is 4.74 Å². The highest BCUT2D eigenvalue weighted by atomic mass is 79.9. The lowest BCUT2D eigenvalue weighted by Gasteiger charge is -2.39. The maximum atomic E-state index is 13.8. The molecule has 0 aromatic heterocycles. The van der Waals surface area contributed by atoms with Gasteiger partial charge in [0.05, 0.1) is 17.8 Å². The molecule has 2 heterocycles. The molecule has 0 bridgehead atoms. The molecule has 14 heteroatoms. The fourth-order valence-electron chi connectivity index (χ4n) is 3.72. The lowest BCUT2D eigenvalue weighted by atomic mass is 10.1. The van der Waals surface area contributed by atoms with Gasteiger partial charge in [-0.15, -0.1) is 13.2 Å². The predicted octanol–water partition coefficient (Wildman–Crippen LogP) is 3.31. The maximum absolute atomic E-state index is 13.8. The third-order valence-electron chi connectivity index (χ3n) is 5.32. The molecule has 2 aliphatic heterocycles. The van der Waals surface area contributed by atoms with Crippen molar-refractivity contribution in [1.82, 2.24) is 9.80 Å². The van der Waals surface area contributed by atoms with Gasteiger partial charge in [-0.3, -0.25) is 14.4 Å². The second kappa shape index (κ2) is 9.32. The van der Waals surface area contributed by atoms with Crippen LogP contribution in [0.5, 0.6) is 11.5 Å². The fourth-order valence-corrected chi connectivity index (χ4v) is 4.08. The quantitative estimate of drug-likeness (QED) is 0.577. The Bertz CT molecular complexity index is 1190. The fraction of sp³-hybridized carbons (Fsp3) is 0.286. The van der Waals surface area contributed by atoms with Gasteiger partial charge in [-0.2, -0.15) is 0 Å². The first-order chi connectivity index (χ1) is 16.4. The summed E-state index contributed by atoms with van der Waals surface area (Å²) in [5.74, 6) is -7.07. The van der Waals surface area contributed by atoms with Gasteiger partial charge in [0, 0.05) is 29.7 Å². The van der Waals surface area contributed by atoms with E-state index >= 15 is 0 Å². The van der Waals surface area contributed by atoms with Crippen LogP contribution in [0.3, 0.4) is 0 Å². The second-order valence-electron chi connectivity index (χ2n) is 7.59. The van der Waals surface area contributed by atoms with Gasteiger partial charge in [-0.05, 0) is 18.2 Å². The summed E-state index contributed by atoms with van der Waals surface area (Å²) >= 11 is 3.28. The Hall–Kier alpha value is -3.42. The molecule has 3 amide bonds. The number of nitrogens with one attached hydrogen (secondary N) is 1. The number of amides is 3. The largest absolute Gasteiger partial charge is 0.573 e. The summed E-state index contributed by atoms with van der Waals surface area (Å²) in [6.07, 6.45) is -5.30. The van der Waals surface area contributed by atoms with E-state index in [2.05, 4.69) is 26.0 Å². The van der Waals surface area contributed by atoms with E-state index in [0.717, 1.165) is 0 Å². The molecule has 0 radical (unpaired) electrons. The number of carbonyl (C=O) groups is 3. The number of benzene rings is 2. The number of piperazine rings is 1. The van der Waals surface area contributed by atoms with E-state index in [1.165, 1.54) is 9.80 Å². The van der Waals surface area contributed by atoms with Crippen LogP contribution in [-0.2, 0) is 9.59 Å². The molecule has 1 saturated heterocycles. The Kier molecular flexibility index (Phi) is 6.58. The monoisotopic (exact) mass is 563 g/mol. The van der Waals surface area contributed by atoms with E-state index in [1.54, 1.807) is 18.2 Å². The summed E-state index contributed by atoms with van der Waals surface area (Å²) in [6, 6.07) is 4.73. The second-order valence-corrected chi connectivity index (χ2v) is 8.50. The number of ether oxygens (including phenoxy) is 2. The van der Waals surface area contributed by atoms with Gasteiger partial charge in [0.2, 0.25) is 11.7 Å². The molecule has 1 fully saturated rings. The highest BCUT2D eigenvalue weighted by Gasteiger charge is 2.40. The van der Waals surface area contributed by atoms with Crippen molar-refractivity contribution in [3.05, 3.63) is 52.0 Å². The van der Waals surface area contributed by atoms with E-state index in [9.17, 15) is 36.3 Å². The molecule has 4 rings (SSSR count). The van der Waals surface area contributed by atoms with Crippen LogP contribution >= 0.6 is 15.9 Å². The molecule has 8 nitrogen and oxygen atoms in total. The van der Waals surface area contributed by atoms with Crippen molar-refractivity contribution < 1.29 is 45.8 Å². The molecule has 2 aromatic carbocycles. The number of nitrogens with zero attached hydrogens (tertiary/aromatic N) is 2. The van der Waals surface area contributed by atoms with Gasteiger partial charge >= 0.3 is 6.36 Å². The third-order valence-corrected chi connectivity index (χ3v) is 5.81. The Labute approximate surface area is 202 Å². The zero-order valence-corrected chi connectivity index (χ0v) is 19.1. The molecular formula is C21H15BrF5N3O5. The molecular weight excluding hydrogens is 549 g/mol. The zero-order valence-electron chi connectivity index (χ0n) is 17.5. The average molecular weight is 564 g/mol. The van der Waals surface area contributed by atoms with Gasteiger partial charge in [-0.1, -0.05) is 15.9 Å². The molecule has 1 atom stereocenters. The first-order valence-corrected chi connectivity index (χ1v) is 10.8. The van der Waals surface area contributed by atoms with Gasteiger partial charge < -0.3 is 24.6 Å². The van der Waals surface area contributed by atoms with Crippen LogP contribution in [0, 0.1) is 11.6 Å². The number of anilines is 1. The van der Waals surface area contributed by atoms with Gasteiger partial charge in [0.1, 0.15) is 11.8 Å². The Morgan fingerprint density at radius 1 is 1.11 bits per heavy atom. The van der Waals surface area contributed by atoms with Crippen molar-refractivity contribution >= 4 is 39.3 Å². The summed E-state index contributed by atoms with van der Waals surface area (Å²) in [5.41, 5.74) is 0.626. The van der Waals surface area contributed by atoms with Crippen molar-refractivity contribution in [3.63, 3.8) is 0 Å². The number of carbonyl (C=O) groups excluding carboxylic acids is 3. The molecule has 1 unspecified atom stereocenters. The highest BCUT2D eigenvalue weighted by molar-refractivity contribution is 9.10. The van der Waals surface area contributed by atoms with Crippen LogP contribution in [-0.4, -0.2) is 66.2 Å². The molecule has 186 valence electrons. The number of rotatable bonds is 4. The van der Waals surface area contributed by atoms with Crippen molar-refractivity contribution in [3.8, 4) is 11.5 Å². The van der Waals surface area contributed by atoms with Crippen LogP contribution in [0.25, 0.3) is 0 Å². The normalized spacial score (nSPS) is 17.8. The first kappa shape index (κ1) is 24.7. The summed E-state index contributed by atoms with van der Waals surface area (Å²) in [5, 5.41) is 2.66. The summed E-state index contributed by atoms with van der Waals surface area (Å²) in [7, 11) is 0. The van der Waals surface area contributed by atoms with Crippen molar-refractivity contribution in [1.29, 1.82) is 0 Å². The minimum Gasteiger partial charge on any atom is -0.484 e. The number of hydrogen-bond acceptors (Lipinski definition) is 5. The van der Waals surface area contributed by atoms with Crippen molar-refractivity contribution in [2.24, 2.45) is 0 Å². The van der Waals surface area contributed by atoms with Crippen molar-refractivity contribution in [2.45, 2.75) is 12.4 Å². The van der Waals surface area contributed by atoms with E-state index in [0.29, 0.717) is 27.9 Å². The Morgan fingerprint density at radius 3 is 2.46 bits per heavy atom. The SMILES string of the molecule is O=C1Nc2ccc(Br)cc2C(=O)N2CCN(C(=O)COc3cc(F)c(OC(F)(F)F)c(F)c3)CC12. The minimum atomic E-state index is -5.30. The lowest BCUT2D eigenvalue weighted by molar-refractivity contribution is -0.276. The van der Waals surface area contributed by atoms with Gasteiger partial charge in [0.25, 0.3) is 11.8 Å². The standard InChI is InChI=1S/C21H15BrF5N3O5/c22-10-1-2-15-12(5-10)20(33)30-4-3-29(8-16(30)19(32)28-15)17(31)9-34-11-6-13(23)18(14(24)7-11)35-21(25,26)27/h1-2,5-7,16H,3-4,8-9H2,(H,28,32). The van der Waals surface area contributed by atoms with Crippen LogP contribution in [0.2, 0.25) is 0 Å². The molecule has 1 N–H and O–H groups in total. The summed E-state index contributed by atoms with van der Waals surface area (Å²) in [6.45, 7) is -0.771. The highest BCUT2D eigenvalue weighted by Crippen LogP contribution is 2.32. The molecule has 2 aromatic rings. The average Bonchev–Trinajstić information content (AvgIpc) is 2.88. The minimum absolute atomic E-state index is 0.0430. The molecule has 0 aliphatic carbocycles. The third kappa shape index (κ3) is 5.31. The number of halogens is 6. The van der Waals surface area contributed by atoms with Gasteiger partial charge in [-0.25, -0.2) is 8.78 Å². The molecule has 35 heavy (non-hydrogen) atoms. The lowest BCUT2D eigenvalue weighted by Crippen LogP contribution is -2.60. The van der Waals surface area contributed by atoms with Gasteiger partial charge in [0.15, 0.2) is 18.2 Å². The Morgan fingerprint density at radius 2 is 1.80 bits per heavy atom. The molecule has 0 saturated carbocycles. The van der Waals surface area contributed by atoms with E-state index in [-0.39, 0.29) is 25.5 Å². The maximum Gasteiger partial charge on any atom is 0.573 e. The molecule has 2 aliphatic rings. The smallest absolute Gasteiger partial charge is 0.484 e. The van der Waals surface area contributed by atoms with Crippen LogP contribution < -0.4 is 14.8 Å². The van der Waals surface area contributed by atoms with Crippen LogP contribution in [0.1, 0.15) is 10.4 Å². The van der Waals surface area contributed by atoms with Crippen LogP contribution in [0.4, 0.5) is 27.6 Å². The van der Waals surface area contributed by atoms with Crippen molar-refractivity contribution in [2.75, 3.05) is 31.6 Å². The van der Waals surface area contributed by atoms with E-state index in [1.807, 2.05) is 0 Å². The first-order valence-electron chi connectivity index (χ1n) is 9.99. The topological polar surface area (TPSA) is 88.2 Å². The zero-order chi connectivity index (χ0) is 25.5. The van der Waals surface area contributed by atoms with Crippen LogP contribution in [0.15, 0.2) is 34.8 Å². The predicted molar refractivity (Wildman–Crippen MR) is 113 cm³/mol. The summed E-state index contributed by atoms with van der Waals surface area (Å²) in [4.78, 5) is 40.9. The number of fused-ring (bicyclic) bond motifs is 2. The number of alkyl halides is 3. The van der Waals surface area contributed by atoms with E-state index < -0.39 is 54.0 Å². The number of hydrogen-bond donors (Lipinski definition) is 1. The Balaban J connectivity index is 1.42. The molecule has 0 spiro atoms. The summed E-state index contributed by atoms with van der Waals surface area (Å²) < 4.78 is 73.4.